The first-order valence-corrected chi connectivity index (χ1v) is 12.0. The maximum absolute atomic E-state index is 12.6. The van der Waals surface area contributed by atoms with Crippen LogP contribution in [0.1, 0.15) is 29.6 Å². The number of fused-ring (bicyclic) bond motifs is 1. The van der Waals surface area contributed by atoms with E-state index in [0.717, 1.165) is 0 Å². The number of sulfonamides is 1. The summed E-state index contributed by atoms with van der Waals surface area (Å²) in [4.78, 5) is 12.6. The molecule has 2 aromatic carbocycles. The molecule has 172 valence electrons. The third-order valence-electron chi connectivity index (χ3n) is 5.54. The van der Waals surface area contributed by atoms with Crippen molar-refractivity contribution in [3.8, 4) is 11.5 Å². The Morgan fingerprint density at radius 2 is 1.84 bits per heavy atom. The van der Waals surface area contributed by atoms with Crippen molar-refractivity contribution in [2.24, 2.45) is 0 Å². The van der Waals surface area contributed by atoms with E-state index in [9.17, 15) is 18.3 Å². The average molecular weight is 463 g/mol. The Kier molecular flexibility index (Phi) is 6.95. The maximum atomic E-state index is 12.6. The summed E-state index contributed by atoms with van der Waals surface area (Å²) in [6.45, 7) is 0.229. The number of hydrogen-bond acceptors (Lipinski definition) is 7. The zero-order valence-corrected chi connectivity index (χ0v) is 18.2. The molecule has 32 heavy (non-hydrogen) atoms. The molecule has 1 fully saturated rings. The van der Waals surface area contributed by atoms with Gasteiger partial charge in [0, 0.05) is 12.1 Å². The number of carbonyl (C=O) groups is 1. The fraction of sp³-hybridized carbons (Fsp3) is 0.409. The molecule has 0 aliphatic carbocycles. The van der Waals surface area contributed by atoms with E-state index in [1.807, 2.05) is 0 Å². The van der Waals surface area contributed by atoms with Crippen LogP contribution in [0.3, 0.4) is 0 Å². The number of amides is 1. The summed E-state index contributed by atoms with van der Waals surface area (Å²) in [7, 11) is -3.70. The van der Waals surface area contributed by atoms with Gasteiger partial charge in [0.2, 0.25) is 16.8 Å². The van der Waals surface area contributed by atoms with Gasteiger partial charge in [-0.2, -0.15) is 0 Å². The van der Waals surface area contributed by atoms with Gasteiger partial charge in [0.25, 0.3) is 5.91 Å². The molecule has 0 spiro atoms. The second kappa shape index (κ2) is 9.86. The minimum atomic E-state index is -3.70. The molecule has 0 unspecified atom stereocenters. The Bertz CT molecular complexity index is 1050. The molecule has 0 aromatic heterocycles. The SMILES string of the molecule is O=C(NCC[C@@H]1CC[C@@H](NS(=O)(=O)c2ccccc2)[C@H](CO)O1)c1ccc2c(c1)OCO2. The number of ether oxygens (including phenoxy) is 3. The molecule has 2 aliphatic heterocycles. The van der Waals surface area contributed by atoms with E-state index < -0.39 is 22.2 Å². The van der Waals surface area contributed by atoms with Crippen LogP contribution < -0.4 is 19.5 Å². The van der Waals surface area contributed by atoms with Crippen molar-refractivity contribution in [2.45, 2.75) is 42.4 Å². The summed E-state index contributed by atoms with van der Waals surface area (Å²) in [5.41, 5.74) is 0.474. The molecule has 4 rings (SSSR count). The van der Waals surface area contributed by atoms with Crippen molar-refractivity contribution >= 4 is 15.9 Å². The van der Waals surface area contributed by atoms with Gasteiger partial charge in [-0.3, -0.25) is 4.79 Å². The van der Waals surface area contributed by atoms with Gasteiger partial charge in [-0.25, -0.2) is 13.1 Å². The fourth-order valence-corrected chi connectivity index (χ4v) is 5.15. The summed E-state index contributed by atoms with van der Waals surface area (Å²) < 4.78 is 44.3. The largest absolute Gasteiger partial charge is 0.454 e. The molecule has 2 aliphatic rings. The first-order valence-electron chi connectivity index (χ1n) is 10.5. The van der Waals surface area contributed by atoms with Crippen molar-refractivity contribution < 1.29 is 32.5 Å². The third kappa shape index (κ3) is 5.21. The summed E-state index contributed by atoms with van der Waals surface area (Å²) >= 11 is 0. The lowest BCUT2D eigenvalue weighted by atomic mass is 9.98. The predicted molar refractivity (Wildman–Crippen MR) is 115 cm³/mol. The quantitative estimate of drug-likeness (QED) is 0.542. The lowest BCUT2D eigenvalue weighted by Crippen LogP contribution is -2.51. The van der Waals surface area contributed by atoms with Gasteiger partial charge in [0.1, 0.15) is 0 Å². The van der Waals surface area contributed by atoms with E-state index in [4.69, 9.17) is 14.2 Å². The molecule has 0 bridgehead atoms. The molecule has 3 atom stereocenters. The van der Waals surface area contributed by atoms with Crippen LogP contribution in [-0.4, -0.2) is 57.6 Å². The predicted octanol–water partition coefficient (Wildman–Crippen LogP) is 1.42. The zero-order chi connectivity index (χ0) is 22.6. The molecule has 0 saturated carbocycles. The monoisotopic (exact) mass is 462 g/mol. The Morgan fingerprint density at radius 3 is 2.62 bits per heavy atom. The normalized spacial score (nSPS) is 22.5. The zero-order valence-electron chi connectivity index (χ0n) is 17.4. The lowest BCUT2D eigenvalue weighted by Gasteiger charge is -2.36. The highest BCUT2D eigenvalue weighted by atomic mass is 32.2. The highest BCUT2D eigenvalue weighted by molar-refractivity contribution is 7.89. The van der Waals surface area contributed by atoms with E-state index in [1.54, 1.807) is 36.4 Å². The van der Waals surface area contributed by atoms with Gasteiger partial charge < -0.3 is 24.6 Å². The maximum Gasteiger partial charge on any atom is 0.251 e. The van der Waals surface area contributed by atoms with Gasteiger partial charge in [0.05, 0.1) is 29.8 Å². The Hall–Kier alpha value is -2.66. The van der Waals surface area contributed by atoms with Crippen LogP contribution in [0.25, 0.3) is 0 Å². The van der Waals surface area contributed by atoms with Gasteiger partial charge in [-0.05, 0) is 49.6 Å². The average Bonchev–Trinajstić information content (AvgIpc) is 3.28. The number of aliphatic hydroxyl groups excluding tert-OH is 1. The van der Waals surface area contributed by atoms with Gasteiger partial charge in [-0.15, -0.1) is 0 Å². The Labute approximate surface area is 186 Å². The minimum absolute atomic E-state index is 0.147. The number of carbonyl (C=O) groups excluding carboxylic acids is 1. The first kappa shape index (κ1) is 22.5. The van der Waals surface area contributed by atoms with Crippen LogP contribution in [-0.2, 0) is 14.8 Å². The third-order valence-corrected chi connectivity index (χ3v) is 7.05. The number of hydrogen-bond donors (Lipinski definition) is 3. The molecule has 1 amide bonds. The van der Waals surface area contributed by atoms with Gasteiger partial charge in [-0.1, -0.05) is 18.2 Å². The van der Waals surface area contributed by atoms with Crippen LogP contribution in [0.15, 0.2) is 53.4 Å². The fourth-order valence-electron chi connectivity index (χ4n) is 3.83. The molecule has 1 saturated heterocycles. The molecule has 2 heterocycles. The summed E-state index contributed by atoms with van der Waals surface area (Å²) in [6.07, 6.45) is 0.833. The van der Waals surface area contributed by atoms with Crippen LogP contribution in [0, 0.1) is 0 Å². The van der Waals surface area contributed by atoms with Crippen molar-refractivity contribution in [3.05, 3.63) is 54.1 Å². The molecule has 3 N–H and O–H groups in total. The van der Waals surface area contributed by atoms with Crippen LogP contribution in [0.4, 0.5) is 0 Å². The molecular weight excluding hydrogens is 436 g/mol. The number of rotatable bonds is 8. The molecule has 0 radical (unpaired) electrons. The topological polar surface area (TPSA) is 123 Å². The summed E-state index contributed by atoms with van der Waals surface area (Å²) in [5, 5.41) is 12.6. The van der Waals surface area contributed by atoms with Gasteiger partial charge in [0.15, 0.2) is 11.5 Å². The van der Waals surface area contributed by atoms with E-state index in [0.29, 0.717) is 42.9 Å². The van der Waals surface area contributed by atoms with Crippen molar-refractivity contribution in [1.82, 2.24) is 10.0 Å². The van der Waals surface area contributed by atoms with Crippen LogP contribution >= 0.6 is 0 Å². The van der Waals surface area contributed by atoms with E-state index in [2.05, 4.69) is 10.0 Å². The molecule has 9 nitrogen and oxygen atoms in total. The van der Waals surface area contributed by atoms with Crippen molar-refractivity contribution in [3.63, 3.8) is 0 Å². The standard InChI is InChI=1S/C22H26N2O7S/c25-13-21-18(24-32(27,28)17-4-2-1-3-5-17)8-7-16(31-21)10-11-23-22(26)15-6-9-19-20(12-15)30-14-29-19/h1-6,9,12,16,18,21,24-25H,7-8,10-11,13-14H2,(H,23,26)/t16-,18+,21-/m0/s1. The molecule has 10 heteroatoms. The second-order valence-corrected chi connectivity index (χ2v) is 9.42. The van der Waals surface area contributed by atoms with Crippen molar-refractivity contribution in [2.75, 3.05) is 19.9 Å². The first-order chi connectivity index (χ1) is 15.5. The Morgan fingerprint density at radius 1 is 1.06 bits per heavy atom. The lowest BCUT2D eigenvalue weighted by molar-refractivity contribution is -0.0871. The number of benzene rings is 2. The molecular formula is C22H26N2O7S. The highest BCUT2D eigenvalue weighted by Crippen LogP contribution is 2.32. The highest BCUT2D eigenvalue weighted by Gasteiger charge is 2.33. The second-order valence-electron chi connectivity index (χ2n) is 7.71. The van der Waals surface area contributed by atoms with Crippen LogP contribution in [0.5, 0.6) is 11.5 Å². The van der Waals surface area contributed by atoms with E-state index in [-0.39, 0.29) is 30.3 Å². The van der Waals surface area contributed by atoms with E-state index in [1.165, 1.54) is 12.1 Å². The van der Waals surface area contributed by atoms with Crippen molar-refractivity contribution in [1.29, 1.82) is 0 Å². The smallest absolute Gasteiger partial charge is 0.251 e. The minimum Gasteiger partial charge on any atom is -0.454 e. The number of nitrogens with one attached hydrogen (secondary N) is 2. The van der Waals surface area contributed by atoms with Gasteiger partial charge >= 0.3 is 0 Å². The van der Waals surface area contributed by atoms with Crippen LogP contribution in [0.2, 0.25) is 0 Å². The summed E-state index contributed by atoms with van der Waals surface area (Å²) in [6, 6.07) is 12.6. The van der Waals surface area contributed by atoms with E-state index >= 15 is 0 Å². The Balaban J connectivity index is 1.26. The summed E-state index contributed by atoms with van der Waals surface area (Å²) in [5.74, 6) is 0.930. The molecule has 2 aromatic rings. The number of aliphatic hydroxyl groups is 1.